The summed E-state index contributed by atoms with van der Waals surface area (Å²) in [7, 11) is 0. The molecule has 2 fully saturated rings. The first-order chi connectivity index (χ1) is 8.31. The van der Waals surface area contributed by atoms with Crippen LogP contribution >= 0.6 is 0 Å². The van der Waals surface area contributed by atoms with Gasteiger partial charge < -0.3 is 10.4 Å². The van der Waals surface area contributed by atoms with E-state index in [1.54, 1.807) is 0 Å². The van der Waals surface area contributed by atoms with E-state index >= 15 is 0 Å². The third kappa shape index (κ3) is 3.94. The van der Waals surface area contributed by atoms with E-state index in [0.717, 1.165) is 25.0 Å². The Morgan fingerprint density at radius 1 is 1.18 bits per heavy atom. The first kappa shape index (κ1) is 13.3. The standard InChI is InChI=1S/C14H28N2O/c1-2-12-9-14(11-16(10-12)7-8-17)15-13-5-3-4-6-13/h12-15,17H,2-11H2,1H3. The molecule has 2 atom stereocenters. The van der Waals surface area contributed by atoms with Crippen molar-refractivity contribution in [3.63, 3.8) is 0 Å². The summed E-state index contributed by atoms with van der Waals surface area (Å²) < 4.78 is 0. The van der Waals surface area contributed by atoms with Gasteiger partial charge in [-0.1, -0.05) is 26.2 Å². The molecule has 2 N–H and O–H groups in total. The van der Waals surface area contributed by atoms with Crippen LogP contribution in [0.1, 0.15) is 45.4 Å². The Morgan fingerprint density at radius 2 is 1.94 bits per heavy atom. The average molecular weight is 240 g/mol. The summed E-state index contributed by atoms with van der Waals surface area (Å²) in [6.45, 7) is 5.75. The highest BCUT2D eigenvalue weighted by Crippen LogP contribution is 2.23. The van der Waals surface area contributed by atoms with Gasteiger partial charge in [0.25, 0.3) is 0 Å². The Hall–Kier alpha value is -0.120. The molecule has 2 rings (SSSR count). The molecule has 2 unspecified atom stereocenters. The van der Waals surface area contributed by atoms with Gasteiger partial charge >= 0.3 is 0 Å². The Labute approximate surface area is 106 Å². The van der Waals surface area contributed by atoms with Crippen molar-refractivity contribution in [2.45, 2.75) is 57.5 Å². The van der Waals surface area contributed by atoms with E-state index in [1.807, 2.05) is 0 Å². The second-order valence-electron chi connectivity index (χ2n) is 5.84. The SMILES string of the molecule is CCC1CC(NC2CCCC2)CN(CCO)C1. The van der Waals surface area contributed by atoms with Crippen LogP contribution in [0.5, 0.6) is 0 Å². The van der Waals surface area contributed by atoms with Crippen molar-refractivity contribution in [3.8, 4) is 0 Å². The highest BCUT2D eigenvalue weighted by atomic mass is 16.3. The van der Waals surface area contributed by atoms with E-state index in [2.05, 4.69) is 17.1 Å². The lowest BCUT2D eigenvalue weighted by atomic mass is 9.91. The summed E-state index contributed by atoms with van der Waals surface area (Å²) >= 11 is 0. The number of piperidine rings is 1. The molecule has 3 heteroatoms. The number of aliphatic hydroxyl groups excluding tert-OH is 1. The van der Waals surface area contributed by atoms with Gasteiger partial charge in [-0.15, -0.1) is 0 Å². The Bertz CT molecular complexity index is 216. The van der Waals surface area contributed by atoms with Crippen molar-refractivity contribution in [2.75, 3.05) is 26.2 Å². The molecule has 100 valence electrons. The number of β-amino-alcohol motifs (C(OH)–C–C–N with tert-alkyl or cyclic N) is 1. The quantitative estimate of drug-likeness (QED) is 0.766. The van der Waals surface area contributed by atoms with E-state index in [-0.39, 0.29) is 0 Å². The number of rotatable bonds is 5. The molecule has 1 aliphatic carbocycles. The molecule has 0 amide bonds. The van der Waals surface area contributed by atoms with Crippen LogP contribution in [0.2, 0.25) is 0 Å². The van der Waals surface area contributed by atoms with Crippen molar-refractivity contribution < 1.29 is 5.11 Å². The third-order valence-electron chi connectivity index (χ3n) is 4.43. The van der Waals surface area contributed by atoms with Crippen LogP contribution < -0.4 is 5.32 Å². The fourth-order valence-electron chi connectivity index (χ4n) is 3.47. The minimum absolute atomic E-state index is 0.298. The van der Waals surface area contributed by atoms with Crippen LogP contribution in [-0.4, -0.2) is 48.3 Å². The predicted octanol–water partition coefficient (Wildman–Crippen LogP) is 1.61. The van der Waals surface area contributed by atoms with Crippen LogP contribution in [0.25, 0.3) is 0 Å². The van der Waals surface area contributed by atoms with Crippen LogP contribution in [0, 0.1) is 5.92 Å². The lowest BCUT2D eigenvalue weighted by Crippen LogP contribution is -2.51. The zero-order valence-corrected chi connectivity index (χ0v) is 11.2. The summed E-state index contributed by atoms with van der Waals surface area (Å²) in [6, 6.07) is 1.43. The highest BCUT2D eigenvalue weighted by molar-refractivity contribution is 4.86. The van der Waals surface area contributed by atoms with Gasteiger partial charge in [0.15, 0.2) is 0 Å². The number of hydrogen-bond acceptors (Lipinski definition) is 3. The number of nitrogens with zero attached hydrogens (tertiary/aromatic N) is 1. The van der Waals surface area contributed by atoms with Gasteiger partial charge in [-0.2, -0.15) is 0 Å². The van der Waals surface area contributed by atoms with Crippen LogP contribution in [-0.2, 0) is 0 Å². The van der Waals surface area contributed by atoms with Gasteiger partial charge in [-0.25, -0.2) is 0 Å². The van der Waals surface area contributed by atoms with Crippen molar-refractivity contribution in [1.29, 1.82) is 0 Å². The number of hydrogen-bond donors (Lipinski definition) is 2. The number of nitrogens with one attached hydrogen (secondary N) is 1. The van der Waals surface area contributed by atoms with E-state index in [4.69, 9.17) is 5.11 Å². The molecule has 0 radical (unpaired) electrons. The van der Waals surface area contributed by atoms with E-state index in [9.17, 15) is 0 Å². The van der Waals surface area contributed by atoms with Gasteiger partial charge in [-0.3, -0.25) is 4.90 Å². The summed E-state index contributed by atoms with van der Waals surface area (Å²) in [5.74, 6) is 0.814. The zero-order chi connectivity index (χ0) is 12.1. The zero-order valence-electron chi connectivity index (χ0n) is 11.2. The van der Waals surface area contributed by atoms with Crippen LogP contribution in [0.3, 0.4) is 0 Å². The van der Waals surface area contributed by atoms with Gasteiger partial charge in [0.05, 0.1) is 6.61 Å². The number of aliphatic hydroxyl groups is 1. The molecule has 0 spiro atoms. The lowest BCUT2D eigenvalue weighted by Gasteiger charge is -2.38. The maximum atomic E-state index is 9.09. The van der Waals surface area contributed by atoms with Crippen molar-refractivity contribution in [1.82, 2.24) is 10.2 Å². The molecule has 0 bridgehead atoms. The summed E-state index contributed by atoms with van der Waals surface area (Å²) in [6.07, 6.45) is 8.14. The molecule has 0 aromatic rings. The first-order valence-corrected chi connectivity index (χ1v) is 7.41. The van der Waals surface area contributed by atoms with Gasteiger partial charge in [-0.05, 0) is 25.2 Å². The second kappa shape index (κ2) is 6.72. The molecule has 2 aliphatic rings. The average Bonchev–Trinajstić information content (AvgIpc) is 2.82. The fourth-order valence-corrected chi connectivity index (χ4v) is 3.47. The molecular weight excluding hydrogens is 212 g/mol. The topological polar surface area (TPSA) is 35.5 Å². The summed E-state index contributed by atoms with van der Waals surface area (Å²) in [4.78, 5) is 2.43. The molecule has 0 aromatic carbocycles. The molecule has 1 aliphatic heterocycles. The van der Waals surface area contributed by atoms with E-state index in [0.29, 0.717) is 12.6 Å². The van der Waals surface area contributed by atoms with Crippen molar-refractivity contribution in [2.24, 2.45) is 5.92 Å². The number of likely N-dealkylation sites (tertiary alicyclic amines) is 1. The van der Waals surface area contributed by atoms with Gasteiger partial charge in [0.1, 0.15) is 0 Å². The molecule has 1 heterocycles. The molecule has 0 aromatic heterocycles. The maximum Gasteiger partial charge on any atom is 0.0558 e. The second-order valence-corrected chi connectivity index (χ2v) is 5.84. The normalized spacial score (nSPS) is 32.1. The van der Waals surface area contributed by atoms with Gasteiger partial charge in [0, 0.05) is 31.7 Å². The Morgan fingerprint density at radius 3 is 2.59 bits per heavy atom. The summed E-state index contributed by atoms with van der Waals surface area (Å²) in [5.41, 5.74) is 0. The van der Waals surface area contributed by atoms with E-state index < -0.39 is 0 Å². The predicted molar refractivity (Wildman–Crippen MR) is 71.1 cm³/mol. The van der Waals surface area contributed by atoms with Gasteiger partial charge in [0.2, 0.25) is 0 Å². The van der Waals surface area contributed by atoms with Crippen molar-refractivity contribution in [3.05, 3.63) is 0 Å². The third-order valence-corrected chi connectivity index (χ3v) is 4.43. The lowest BCUT2D eigenvalue weighted by molar-refractivity contribution is 0.110. The van der Waals surface area contributed by atoms with Crippen molar-refractivity contribution >= 4 is 0 Å². The van der Waals surface area contributed by atoms with Crippen LogP contribution in [0.15, 0.2) is 0 Å². The molecule has 1 saturated heterocycles. The van der Waals surface area contributed by atoms with E-state index in [1.165, 1.54) is 45.1 Å². The molecule has 3 nitrogen and oxygen atoms in total. The van der Waals surface area contributed by atoms with Crippen LogP contribution in [0.4, 0.5) is 0 Å². The molecule has 1 saturated carbocycles. The highest BCUT2D eigenvalue weighted by Gasteiger charge is 2.28. The molecular formula is C14H28N2O. The minimum atomic E-state index is 0.298. The monoisotopic (exact) mass is 240 g/mol. The smallest absolute Gasteiger partial charge is 0.0558 e. The summed E-state index contributed by atoms with van der Waals surface area (Å²) in [5, 5.41) is 12.9. The molecule has 17 heavy (non-hydrogen) atoms. The maximum absolute atomic E-state index is 9.09. The Kier molecular flexibility index (Phi) is 5.26. The minimum Gasteiger partial charge on any atom is -0.395 e. The Balaban J connectivity index is 1.82. The fraction of sp³-hybridized carbons (Fsp3) is 1.00. The first-order valence-electron chi connectivity index (χ1n) is 7.41. The largest absolute Gasteiger partial charge is 0.395 e.